The topological polar surface area (TPSA) is 149 Å². The van der Waals surface area contributed by atoms with Crippen molar-refractivity contribution >= 4 is 39.1 Å². The third kappa shape index (κ3) is 6.38. The van der Waals surface area contributed by atoms with E-state index >= 15 is 0 Å². The van der Waals surface area contributed by atoms with Crippen LogP contribution in [0.1, 0.15) is 57.4 Å². The lowest BCUT2D eigenvalue weighted by atomic mass is 9.86. The zero-order valence-corrected chi connectivity index (χ0v) is 21.5. The van der Waals surface area contributed by atoms with Crippen LogP contribution < -0.4 is 15.4 Å². The van der Waals surface area contributed by atoms with Gasteiger partial charge in [0, 0.05) is 47.3 Å². The number of aromatic amines is 1. The highest BCUT2D eigenvalue weighted by Crippen LogP contribution is 2.40. The Morgan fingerprint density at radius 1 is 1.17 bits per heavy atom. The number of carboxylic acid groups (broad SMARTS) is 1. The summed E-state index contributed by atoms with van der Waals surface area (Å²) in [7, 11) is -3.84. The minimum Gasteiger partial charge on any atom is -0.465 e. The van der Waals surface area contributed by atoms with Crippen LogP contribution in [0, 0.1) is 0 Å². The highest BCUT2D eigenvalue weighted by Gasteiger charge is 2.28. The van der Waals surface area contributed by atoms with Gasteiger partial charge in [0.2, 0.25) is 16.0 Å². The SMILES string of the molecule is CC(C)(C)NS(=O)(=O)c1cc(Nc2ncc[nH]2)ccc1-c1cnc(C2CCC(NC(=O)O)CC2)s1. The monoisotopic (exact) mass is 518 g/mol. The molecule has 188 valence electrons. The van der Waals surface area contributed by atoms with Gasteiger partial charge in [0.25, 0.3) is 0 Å². The molecule has 5 N–H and O–H groups in total. The molecular weight excluding hydrogens is 488 g/mol. The van der Waals surface area contributed by atoms with E-state index in [0.29, 0.717) is 17.2 Å². The second-order valence-corrected chi connectivity index (χ2v) is 12.4. The summed E-state index contributed by atoms with van der Waals surface area (Å²) in [4.78, 5) is 23.5. The van der Waals surface area contributed by atoms with Crippen molar-refractivity contribution in [1.82, 2.24) is 25.0 Å². The number of sulfonamides is 1. The van der Waals surface area contributed by atoms with Gasteiger partial charge in [-0.15, -0.1) is 11.3 Å². The molecule has 0 unspecified atom stereocenters. The van der Waals surface area contributed by atoms with Gasteiger partial charge in [-0.05, 0) is 58.6 Å². The highest BCUT2D eigenvalue weighted by molar-refractivity contribution is 7.89. The predicted molar refractivity (Wildman–Crippen MR) is 136 cm³/mol. The summed E-state index contributed by atoms with van der Waals surface area (Å²) >= 11 is 1.49. The normalized spacial score (nSPS) is 18.8. The molecule has 0 saturated heterocycles. The fourth-order valence-electron chi connectivity index (χ4n) is 4.21. The minimum atomic E-state index is -3.84. The van der Waals surface area contributed by atoms with Crippen molar-refractivity contribution in [3.8, 4) is 10.4 Å². The Labute approximate surface area is 208 Å². The van der Waals surface area contributed by atoms with Gasteiger partial charge in [-0.2, -0.15) is 0 Å². The van der Waals surface area contributed by atoms with E-state index in [-0.39, 0.29) is 16.9 Å². The Morgan fingerprint density at radius 2 is 1.91 bits per heavy atom. The van der Waals surface area contributed by atoms with Gasteiger partial charge in [0.05, 0.1) is 14.8 Å². The van der Waals surface area contributed by atoms with Gasteiger partial charge in [-0.25, -0.2) is 27.9 Å². The molecule has 0 aliphatic heterocycles. The molecule has 0 atom stereocenters. The van der Waals surface area contributed by atoms with Crippen LogP contribution in [0.5, 0.6) is 0 Å². The molecule has 3 aromatic rings. The lowest BCUT2D eigenvalue weighted by Gasteiger charge is -2.27. The zero-order chi connectivity index (χ0) is 25.2. The van der Waals surface area contributed by atoms with Crippen molar-refractivity contribution in [2.45, 2.75) is 68.8 Å². The van der Waals surface area contributed by atoms with Gasteiger partial charge in [-0.3, -0.25) is 0 Å². The van der Waals surface area contributed by atoms with Crippen molar-refractivity contribution < 1.29 is 18.3 Å². The Balaban J connectivity index is 1.63. The van der Waals surface area contributed by atoms with E-state index in [1.807, 2.05) is 6.07 Å². The number of aromatic nitrogens is 3. The van der Waals surface area contributed by atoms with Gasteiger partial charge in [0.15, 0.2) is 0 Å². The number of nitrogens with zero attached hydrogens (tertiary/aromatic N) is 2. The number of rotatable bonds is 7. The molecule has 1 aliphatic rings. The van der Waals surface area contributed by atoms with E-state index in [2.05, 4.69) is 30.3 Å². The summed E-state index contributed by atoms with van der Waals surface area (Å²) in [5.74, 6) is 0.742. The molecule has 2 aromatic heterocycles. The molecular formula is C23H30N6O4S2. The number of thiazole rings is 1. The fourth-order valence-corrected chi connectivity index (χ4v) is 7.07. The van der Waals surface area contributed by atoms with E-state index < -0.39 is 21.7 Å². The molecule has 1 fully saturated rings. The van der Waals surface area contributed by atoms with Gasteiger partial charge in [-0.1, -0.05) is 6.07 Å². The molecule has 0 spiro atoms. The maximum absolute atomic E-state index is 13.4. The van der Waals surface area contributed by atoms with Crippen molar-refractivity contribution in [3.63, 3.8) is 0 Å². The number of nitrogens with one attached hydrogen (secondary N) is 4. The molecule has 12 heteroatoms. The third-order valence-electron chi connectivity index (χ3n) is 5.67. The number of anilines is 2. The van der Waals surface area contributed by atoms with E-state index in [9.17, 15) is 13.2 Å². The Hall–Kier alpha value is -2.96. The highest BCUT2D eigenvalue weighted by atomic mass is 32.2. The molecule has 0 radical (unpaired) electrons. The molecule has 1 saturated carbocycles. The third-order valence-corrected chi connectivity index (χ3v) is 8.66. The molecule has 1 aliphatic carbocycles. The van der Waals surface area contributed by atoms with Gasteiger partial charge in [0.1, 0.15) is 0 Å². The second-order valence-electron chi connectivity index (χ2n) is 9.69. The number of amides is 1. The molecule has 10 nitrogen and oxygen atoms in total. The average molecular weight is 519 g/mol. The van der Waals surface area contributed by atoms with Crippen molar-refractivity contribution in [2.75, 3.05) is 5.32 Å². The summed E-state index contributed by atoms with van der Waals surface area (Å²) < 4.78 is 29.5. The summed E-state index contributed by atoms with van der Waals surface area (Å²) in [5, 5.41) is 15.5. The standard InChI is InChI=1S/C23H30N6O4S2/c1-23(2,3)29-35(32,33)19-12-16(27-21-24-10-11-25-21)8-9-17(19)18-13-26-20(34-18)14-4-6-15(7-5-14)28-22(30)31/h8-15,28-29H,4-7H2,1-3H3,(H,30,31)(H2,24,25,27). The van der Waals surface area contributed by atoms with Gasteiger partial charge < -0.3 is 20.7 Å². The number of imidazole rings is 1. The fraction of sp³-hybridized carbons (Fsp3) is 0.435. The number of carbonyl (C=O) groups is 1. The van der Waals surface area contributed by atoms with Crippen molar-refractivity contribution in [2.24, 2.45) is 0 Å². The van der Waals surface area contributed by atoms with Crippen LogP contribution in [-0.4, -0.2) is 46.2 Å². The maximum atomic E-state index is 13.4. The second kappa shape index (κ2) is 9.96. The van der Waals surface area contributed by atoms with Crippen molar-refractivity contribution in [1.29, 1.82) is 0 Å². The summed E-state index contributed by atoms with van der Waals surface area (Å²) in [6, 6.07) is 5.18. The zero-order valence-electron chi connectivity index (χ0n) is 19.8. The van der Waals surface area contributed by atoms with Crippen LogP contribution in [0.15, 0.2) is 41.7 Å². The van der Waals surface area contributed by atoms with Gasteiger partial charge >= 0.3 is 6.09 Å². The summed E-state index contributed by atoms with van der Waals surface area (Å²) in [6.07, 6.45) is 7.21. The molecule has 0 bridgehead atoms. The van der Waals surface area contributed by atoms with Crippen LogP contribution in [0.4, 0.5) is 16.4 Å². The smallest absolute Gasteiger partial charge is 0.404 e. The maximum Gasteiger partial charge on any atom is 0.404 e. The Morgan fingerprint density at radius 3 is 2.54 bits per heavy atom. The molecule has 35 heavy (non-hydrogen) atoms. The van der Waals surface area contributed by atoms with Crippen LogP contribution in [0.3, 0.4) is 0 Å². The number of hydrogen-bond donors (Lipinski definition) is 5. The quantitative estimate of drug-likeness (QED) is 0.306. The summed E-state index contributed by atoms with van der Waals surface area (Å²) in [5.41, 5.74) is 0.519. The minimum absolute atomic E-state index is 0.0300. The van der Waals surface area contributed by atoms with Crippen LogP contribution in [0.25, 0.3) is 10.4 Å². The lowest BCUT2D eigenvalue weighted by Crippen LogP contribution is -2.40. The average Bonchev–Trinajstić information content (AvgIpc) is 3.45. The van der Waals surface area contributed by atoms with E-state index in [1.54, 1.807) is 51.5 Å². The number of benzene rings is 1. The van der Waals surface area contributed by atoms with Crippen molar-refractivity contribution in [3.05, 3.63) is 41.8 Å². The first-order valence-corrected chi connectivity index (χ1v) is 13.7. The molecule has 4 rings (SSSR count). The van der Waals surface area contributed by atoms with Crippen LogP contribution in [-0.2, 0) is 10.0 Å². The number of hydrogen-bond acceptors (Lipinski definition) is 7. The Kier molecular flexibility index (Phi) is 7.15. The van der Waals surface area contributed by atoms with Crippen LogP contribution >= 0.6 is 11.3 Å². The predicted octanol–water partition coefficient (Wildman–Crippen LogP) is 4.65. The van der Waals surface area contributed by atoms with E-state index in [4.69, 9.17) is 5.11 Å². The first-order valence-electron chi connectivity index (χ1n) is 11.4. The van der Waals surface area contributed by atoms with E-state index in [0.717, 1.165) is 35.6 Å². The first-order chi connectivity index (χ1) is 16.5. The molecule has 1 aromatic carbocycles. The molecule has 1 amide bonds. The van der Waals surface area contributed by atoms with E-state index in [1.165, 1.54) is 11.3 Å². The first kappa shape index (κ1) is 25.1. The Bertz CT molecular complexity index is 1270. The largest absolute Gasteiger partial charge is 0.465 e. The molecule has 2 heterocycles. The number of H-pyrrole nitrogens is 1. The summed E-state index contributed by atoms with van der Waals surface area (Å²) in [6.45, 7) is 5.40. The van der Waals surface area contributed by atoms with Crippen LogP contribution in [0.2, 0.25) is 0 Å². The lowest BCUT2D eigenvalue weighted by molar-refractivity contribution is 0.185.